The molecule has 6 aromatic carbocycles. The van der Waals surface area contributed by atoms with Crippen molar-refractivity contribution in [3.63, 3.8) is 0 Å². The van der Waals surface area contributed by atoms with Crippen molar-refractivity contribution in [1.82, 2.24) is 0 Å². The predicted molar refractivity (Wildman–Crippen MR) is 251 cm³/mol. The van der Waals surface area contributed by atoms with E-state index in [1.54, 1.807) is 56.1 Å². The number of carbonyl (C=O) groups is 3. The van der Waals surface area contributed by atoms with Crippen molar-refractivity contribution in [2.45, 2.75) is 110 Å². The molecule has 11 heteroatoms. The van der Waals surface area contributed by atoms with E-state index in [0.717, 1.165) is 48.6 Å². The third-order valence-corrected chi connectivity index (χ3v) is 15.5. The Morgan fingerprint density at radius 3 is 0.918 bits per heavy atom. The number of rotatable bonds is 19. The zero-order valence-corrected chi connectivity index (χ0v) is 38.9. The van der Waals surface area contributed by atoms with Crippen LogP contribution < -0.4 is 0 Å². The molecule has 0 fully saturated rings. The Balaban J connectivity index is 0.000000512. The van der Waals surface area contributed by atoms with Gasteiger partial charge in [-0.25, -0.2) is 8.42 Å². The van der Waals surface area contributed by atoms with Gasteiger partial charge in [-0.1, -0.05) is 111 Å². The molecule has 0 amide bonds. The van der Waals surface area contributed by atoms with Crippen molar-refractivity contribution in [2.24, 2.45) is 0 Å². The predicted octanol–water partition coefficient (Wildman–Crippen LogP) is 13.7. The van der Waals surface area contributed by atoms with Crippen molar-refractivity contribution in [3.8, 4) is 0 Å². The molecule has 0 aliphatic carbocycles. The molecule has 0 heterocycles. The summed E-state index contributed by atoms with van der Waals surface area (Å²) in [6.45, 7) is 6.88. The fourth-order valence-electron chi connectivity index (χ4n) is 6.08. The molecule has 61 heavy (non-hydrogen) atoms. The standard InChI is InChI=1S/C42H33O3S4.C8H18O3S/c1-28(43)31-4-10-34(11-5-31)46-37-16-22-40(23-17-37)49(41-24-18-38(19-25-41)47-35-12-6-32(7-13-35)29(2)44)42-26-20-39(21-27-42)48-36-14-8-33(9-15-36)30(3)45;1-2-3-4-5-6-7-8-12(9,10)11/h4-27H,1-3H3;2-8H2,1H3,(H,9,10,11)/q+1;/p-1. The van der Waals surface area contributed by atoms with Gasteiger partial charge in [0, 0.05) is 51.8 Å². The molecule has 0 bridgehead atoms. The Morgan fingerprint density at radius 2 is 0.672 bits per heavy atom. The van der Waals surface area contributed by atoms with E-state index in [4.69, 9.17) is 0 Å². The van der Waals surface area contributed by atoms with Gasteiger partial charge in [-0.3, -0.25) is 14.4 Å². The molecule has 316 valence electrons. The van der Waals surface area contributed by atoms with Gasteiger partial charge in [-0.2, -0.15) is 0 Å². The molecule has 6 aromatic rings. The van der Waals surface area contributed by atoms with E-state index >= 15 is 0 Å². The maximum atomic E-state index is 11.7. The summed E-state index contributed by atoms with van der Waals surface area (Å²) >= 11 is 5.04. The molecule has 0 atom stereocenters. The van der Waals surface area contributed by atoms with Crippen molar-refractivity contribution >= 4 is 73.6 Å². The summed E-state index contributed by atoms with van der Waals surface area (Å²) in [4.78, 5) is 45.4. The molecular formula is C50H50O6S5. The molecule has 0 aromatic heterocycles. The summed E-state index contributed by atoms with van der Waals surface area (Å²) in [5, 5.41) is 0. The van der Waals surface area contributed by atoms with Gasteiger partial charge >= 0.3 is 0 Å². The van der Waals surface area contributed by atoms with E-state index in [1.807, 2.05) is 72.8 Å². The lowest BCUT2D eigenvalue weighted by Crippen LogP contribution is -2.04. The Labute approximate surface area is 376 Å². The second-order valence-electron chi connectivity index (χ2n) is 14.3. The van der Waals surface area contributed by atoms with E-state index in [9.17, 15) is 27.4 Å². The van der Waals surface area contributed by atoms with Crippen molar-refractivity contribution in [2.75, 3.05) is 5.75 Å². The number of hydrogen-bond donors (Lipinski definition) is 0. The Kier molecular flexibility index (Phi) is 18.6. The molecular weight excluding hydrogens is 857 g/mol. The third-order valence-electron chi connectivity index (χ3n) is 9.42. The summed E-state index contributed by atoms with van der Waals surface area (Å²) in [5.74, 6) is 0.00700. The van der Waals surface area contributed by atoms with Crippen LogP contribution in [0.4, 0.5) is 0 Å². The summed E-state index contributed by atoms with van der Waals surface area (Å²) in [5.41, 5.74) is 2.15. The third kappa shape index (κ3) is 15.8. The molecule has 0 aliphatic rings. The van der Waals surface area contributed by atoms with E-state index in [1.165, 1.54) is 27.5 Å². The van der Waals surface area contributed by atoms with Gasteiger partial charge in [0.1, 0.15) is 0 Å². The molecule has 0 radical (unpaired) electrons. The van der Waals surface area contributed by atoms with E-state index in [0.29, 0.717) is 23.1 Å². The average molecular weight is 907 g/mol. The van der Waals surface area contributed by atoms with Crippen LogP contribution in [0, 0.1) is 0 Å². The first-order valence-corrected chi connectivity index (χ1v) is 25.4. The molecule has 0 unspecified atom stereocenters. The van der Waals surface area contributed by atoms with Gasteiger partial charge in [0.25, 0.3) is 0 Å². The number of carbonyl (C=O) groups excluding carboxylic acids is 3. The smallest absolute Gasteiger partial charge is 0.166 e. The summed E-state index contributed by atoms with van der Waals surface area (Å²) < 4.78 is 30.5. The fraction of sp³-hybridized carbons (Fsp3) is 0.220. The largest absolute Gasteiger partial charge is 0.748 e. The van der Waals surface area contributed by atoms with Crippen molar-refractivity contribution in [3.05, 3.63) is 162 Å². The van der Waals surface area contributed by atoms with Crippen molar-refractivity contribution < 1.29 is 27.4 Å². The van der Waals surface area contributed by atoms with Gasteiger partial charge in [0.15, 0.2) is 32.0 Å². The van der Waals surface area contributed by atoms with Crippen LogP contribution in [0.3, 0.4) is 0 Å². The minimum atomic E-state index is -3.97. The van der Waals surface area contributed by atoms with Crippen LogP contribution in [0.15, 0.2) is 190 Å². The fourth-order valence-corrected chi connectivity index (χ4v) is 11.1. The highest BCUT2D eigenvalue weighted by Gasteiger charge is 2.29. The first kappa shape index (κ1) is 47.7. The van der Waals surface area contributed by atoms with Crippen molar-refractivity contribution in [1.29, 1.82) is 0 Å². The van der Waals surface area contributed by atoms with Gasteiger partial charge in [-0.15, -0.1) is 0 Å². The molecule has 0 spiro atoms. The highest BCUT2D eigenvalue weighted by Crippen LogP contribution is 2.37. The van der Waals surface area contributed by atoms with Crippen LogP contribution >= 0.6 is 35.3 Å². The lowest BCUT2D eigenvalue weighted by atomic mass is 10.1. The SMILES string of the molecule is CC(=O)c1ccc(Sc2ccc([S+](c3ccc(Sc4ccc(C(C)=O)cc4)cc3)c3ccc(Sc4ccc(C(C)=O)cc4)cc3)cc2)cc1.CCCCCCCCS(=O)(=O)[O-]. The van der Waals surface area contributed by atoms with Gasteiger partial charge in [0.2, 0.25) is 0 Å². The Bertz CT molecular complexity index is 2200. The maximum Gasteiger partial charge on any atom is 0.166 e. The van der Waals surface area contributed by atoms with Gasteiger partial charge < -0.3 is 4.55 Å². The minimum Gasteiger partial charge on any atom is -0.748 e. The number of hydrogen-bond acceptors (Lipinski definition) is 9. The summed E-state index contributed by atoms with van der Waals surface area (Å²) in [7, 11) is -4.31. The second-order valence-corrected chi connectivity index (χ2v) is 21.3. The maximum absolute atomic E-state index is 11.7. The van der Waals surface area contributed by atoms with Crippen LogP contribution in [0.2, 0.25) is 0 Å². The number of unbranched alkanes of at least 4 members (excludes halogenated alkanes) is 5. The first-order valence-electron chi connectivity index (χ1n) is 20.1. The van der Waals surface area contributed by atoms with Crippen LogP contribution in [0.5, 0.6) is 0 Å². The molecule has 6 nitrogen and oxygen atoms in total. The average Bonchev–Trinajstić information content (AvgIpc) is 3.24. The van der Waals surface area contributed by atoms with E-state index in [2.05, 4.69) is 79.7 Å². The number of benzene rings is 6. The molecule has 0 aliphatic heterocycles. The summed E-state index contributed by atoms with van der Waals surface area (Å²) in [6.07, 6.45) is 5.96. The monoisotopic (exact) mass is 906 g/mol. The zero-order chi connectivity index (χ0) is 43.8. The normalized spacial score (nSPS) is 11.2. The van der Waals surface area contributed by atoms with E-state index in [-0.39, 0.29) is 34.0 Å². The first-order chi connectivity index (χ1) is 29.3. The Morgan fingerprint density at radius 1 is 0.426 bits per heavy atom. The van der Waals surface area contributed by atoms with Gasteiger partial charge in [-0.05, 0) is 136 Å². The summed E-state index contributed by atoms with van der Waals surface area (Å²) in [6, 6.07) is 49.5. The van der Waals surface area contributed by atoms with Crippen LogP contribution in [0.25, 0.3) is 0 Å². The topological polar surface area (TPSA) is 108 Å². The number of Topliss-reactive ketones (excluding diaryl/α,β-unsaturated/α-hetero) is 3. The Hall–Kier alpha value is -4.36. The lowest BCUT2D eigenvalue weighted by molar-refractivity contribution is 0.100. The highest BCUT2D eigenvalue weighted by molar-refractivity contribution is 8.00. The van der Waals surface area contributed by atoms with Gasteiger partial charge in [0.05, 0.1) is 21.0 Å². The zero-order valence-electron chi connectivity index (χ0n) is 34.8. The molecule has 0 saturated carbocycles. The minimum absolute atomic E-state index is 0.0674. The van der Waals surface area contributed by atoms with E-state index < -0.39 is 10.1 Å². The number of ketones is 3. The molecule has 0 saturated heterocycles. The van der Waals surface area contributed by atoms with Crippen LogP contribution in [0.1, 0.15) is 97.3 Å². The molecule has 0 N–H and O–H groups in total. The quantitative estimate of drug-likeness (QED) is 0.0340. The van der Waals surface area contributed by atoms with Crippen LogP contribution in [-0.2, 0) is 21.0 Å². The highest BCUT2D eigenvalue weighted by atomic mass is 32.2. The lowest BCUT2D eigenvalue weighted by Gasteiger charge is -2.11. The second kappa shape index (κ2) is 23.7. The van der Waals surface area contributed by atoms with Crippen LogP contribution in [-0.4, -0.2) is 36.1 Å². The molecule has 6 rings (SSSR count).